The molecule has 2 aromatic rings. The van der Waals surface area contributed by atoms with Crippen LogP contribution in [0.2, 0.25) is 0 Å². The van der Waals surface area contributed by atoms with Gasteiger partial charge in [0.1, 0.15) is 10.7 Å². The Morgan fingerprint density at radius 2 is 2.06 bits per heavy atom. The van der Waals surface area contributed by atoms with Crippen LogP contribution >= 0.6 is 0 Å². The van der Waals surface area contributed by atoms with Crippen molar-refractivity contribution >= 4 is 11.6 Å². The van der Waals surface area contributed by atoms with Crippen molar-refractivity contribution in [3.05, 3.63) is 57.8 Å². The molecule has 0 amide bonds. The molecule has 0 aliphatic heterocycles. The lowest BCUT2D eigenvalue weighted by atomic mass is 10.3. The maximum atomic E-state index is 13.3. The summed E-state index contributed by atoms with van der Waals surface area (Å²) in [4.78, 5) is 9.69. The van der Waals surface area contributed by atoms with Crippen molar-refractivity contribution in [1.29, 1.82) is 0 Å². The number of nitrogens with one attached hydrogen (secondary N) is 1. The highest BCUT2D eigenvalue weighted by molar-refractivity contribution is 5.45. The Hall–Kier alpha value is -2.44. The van der Waals surface area contributed by atoms with Gasteiger partial charge in [-0.2, -0.15) is 0 Å². The quantitative estimate of drug-likeness (QED) is 0.672. The average Bonchev–Trinajstić information content (AvgIpc) is 2.80. The van der Waals surface area contributed by atoms with E-state index in [-0.39, 0.29) is 18.0 Å². The molecule has 0 fully saturated rings. The van der Waals surface area contributed by atoms with Gasteiger partial charge in [0.15, 0.2) is 11.6 Å². The minimum Gasteiger partial charge on any atom is -0.404 e. The molecule has 1 N–H and O–H groups in total. The van der Waals surface area contributed by atoms with Gasteiger partial charge in [0.2, 0.25) is 0 Å². The van der Waals surface area contributed by atoms with Gasteiger partial charge in [-0.25, -0.2) is 8.78 Å². The molecule has 7 heteroatoms. The molecule has 94 valence electrons. The first-order valence-corrected chi connectivity index (χ1v) is 4.99. The molecule has 18 heavy (non-hydrogen) atoms. The lowest BCUT2D eigenvalue weighted by molar-refractivity contribution is -0.402. The topological polar surface area (TPSA) is 68.3 Å². The Morgan fingerprint density at radius 3 is 2.72 bits per heavy atom. The number of furan rings is 1. The van der Waals surface area contributed by atoms with Crippen LogP contribution in [0.15, 0.2) is 34.7 Å². The average molecular weight is 254 g/mol. The van der Waals surface area contributed by atoms with E-state index in [4.69, 9.17) is 4.42 Å². The highest BCUT2D eigenvalue weighted by Gasteiger charge is 2.12. The van der Waals surface area contributed by atoms with Gasteiger partial charge in [-0.15, -0.1) is 0 Å². The van der Waals surface area contributed by atoms with E-state index in [1.807, 2.05) is 0 Å². The van der Waals surface area contributed by atoms with Gasteiger partial charge in [-0.05, 0) is 18.2 Å². The van der Waals surface area contributed by atoms with Crippen LogP contribution in [0.1, 0.15) is 5.76 Å². The molecule has 0 bridgehead atoms. The van der Waals surface area contributed by atoms with E-state index in [2.05, 4.69) is 5.32 Å². The van der Waals surface area contributed by atoms with Crippen molar-refractivity contribution < 1.29 is 18.1 Å². The normalized spacial score (nSPS) is 10.3. The van der Waals surface area contributed by atoms with Crippen LogP contribution in [0.5, 0.6) is 0 Å². The van der Waals surface area contributed by atoms with Crippen molar-refractivity contribution in [3.8, 4) is 0 Å². The first-order chi connectivity index (χ1) is 8.58. The number of nitrogens with zero attached hydrogens (tertiary/aromatic N) is 1. The molecule has 1 aromatic carbocycles. The molecular weight excluding hydrogens is 246 g/mol. The first-order valence-electron chi connectivity index (χ1n) is 4.99. The predicted octanol–water partition coefficient (Wildman–Crippen LogP) is 3.08. The Bertz CT molecular complexity index is 583. The molecule has 0 saturated carbocycles. The zero-order valence-corrected chi connectivity index (χ0v) is 9.02. The molecule has 0 aliphatic rings. The highest BCUT2D eigenvalue weighted by Crippen LogP contribution is 2.20. The molecule has 0 saturated heterocycles. The van der Waals surface area contributed by atoms with Crippen LogP contribution in [0.25, 0.3) is 0 Å². The van der Waals surface area contributed by atoms with Gasteiger partial charge < -0.3 is 9.73 Å². The number of halogens is 2. The SMILES string of the molecule is O=[N+]([O-])c1ccc(CNc2cccc(F)c2F)o1. The van der Waals surface area contributed by atoms with Crippen molar-refractivity contribution in [2.75, 3.05) is 5.32 Å². The van der Waals surface area contributed by atoms with Gasteiger partial charge in [-0.1, -0.05) is 6.07 Å². The van der Waals surface area contributed by atoms with Gasteiger partial charge >= 0.3 is 5.88 Å². The van der Waals surface area contributed by atoms with Crippen LogP contribution in [-0.2, 0) is 6.54 Å². The van der Waals surface area contributed by atoms with Crippen LogP contribution in [0.4, 0.5) is 20.4 Å². The van der Waals surface area contributed by atoms with Gasteiger partial charge in [0.25, 0.3) is 0 Å². The fraction of sp³-hybridized carbons (Fsp3) is 0.0909. The number of hydrogen-bond acceptors (Lipinski definition) is 4. The van der Waals surface area contributed by atoms with Crippen LogP contribution in [0, 0.1) is 21.7 Å². The van der Waals surface area contributed by atoms with E-state index in [1.54, 1.807) is 0 Å². The molecule has 1 aromatic heterocycles. The second kappa shape index (κ2) is 4.82. The standard InChI is InChI=1S/C11H8F2N2O3/c12-8-2-1-3-9(11(8)13)14-6-7-4-5-10(18-7)15(16)17/h1-5,14H,6H2. The van der Waals surface area contributed by atoms with Crippen LogP contribution in [0.3, 0.4) is 0 Å². The lowest BCUT2D eigenvalue weighted by Gasteiger charge is -2.05. The van der Waals surface area contributed by atoms with Crippen molar-refractivity contribution in [2.24, 2.45) is 0 Å². The summed E-state index contributed by atoms with van der Waals surface area (Å²) in [5, 5.41) is 13.0. The summed E-state index contributed by atoms with van der Waals surface area (Å²) in [6.45, 7) is 0.0220. The molecule has 2 rings (SSSR count). The number of anilines is 1. The largest absolute Gasteiger partial charge is 0.433 e. The van der Waals surface area contributed by atoms with Crippen molar-refractivity contribution in [3.63, 3.8) is 0 Å². The van der Waals surface area contributed by atoms with Gasteiger partial charge in [0.05, 0.1) is 18.3 Å². The smallest absolute Gasteiger partial charge is 0.404 e. The summed E-state index contributed by atoms with van der Waals surface area (Å²) in [5.74, 6) is -2.11. The van der Waals surface area contributed by atoms with Crippen molar-refractivity contribution in [1.82, 2.24) is 0 Å². The maximum Gasteiger partial charge on any atom is 0.433 e. The second-order valence-corrected chi connectivity index (χ2v) is 3.45. The minimum atomic E-state index is -1.00. The molecule has 0 atom stereocenters. The van der Waals surface area contributed by atoms with E-state index in [9.17, 15) is 18.9 Å². The number of rotatable bonds is 4. The Morgan fingerprint density at radius 1 is 1.28 bits per heavy atom. The van der Waals surface area contributed by atoms with Gasteiger partial charge in [-0.3, -0.25) is 10.1 Å². The molecule has 1 heterocycles. The lowest BCUT2D eigenvalue weighted by Crippen LogP contribution is -2.01. The zero-order valence-electron chi connectivity index (χ0n) is 9.02. The Balaban J connectivity index is 2.07. The molecular formula is C11H8F2N2O3. The third-order valence-electron chi connectivity index (χ3n) is 2.23. The molecule has 0 unspecified atom stereocenters. The Kier molecular flexibility index (Phi) is 3.22. The van der Waals surface area contributed by atoms with E-state index in [0.29, 0.717) is 0 Å². The van der Waals surface area contributed by atoms with Crippen LogP contribution < -0.4 is 5.32 Å². The fourth-order valence-electron chi connectivity index (χ4n) is 1.38. The summed E-state index contributed by atoms with van der Waals surface area (Å²) >= 11 is 0. The minimum absolute atomic E-state index is 0.0220. The Labute approximate surface area is 100 Å². The molecule has 0 spiro atoms. The zero-order chi connectivity index (χ0) is 13.1. The number of nitro groups is 1. The third-order valence-corrected chi connectivity index (χ3v) is 2.23. The molecule has 5 nitrogen and oxygen atoms in total. The second-order valence-electron chi connectivity index (χ2n) is 3.45. The number of hydrogen-bond donors (Lipinski definition) is 1. The monoisotopic (exact) mass is 254 g/mol. The predicted molar refractivity (Wildman–Crippen MR) is 59.0 cm³/mol. The molecule has 0 radical (unpaired) electrons. The fourth-order valence-corrected chi connectivity index (χ4v) is 1.38. The maximum absolute atomic E-state index is 13.3. The van der Waals surface area contributed by atoms with Crippen molar-refractivity contribution in [2.45, 2.75) is 6.54 Å². The van der Waals surface area contributed by atoms with E-state index in [0.717, 1.165) is 6.07 Å². The summed E-state index contributed by atoms with van der Waals surface area (Å²) in [6.07, 6.45) is 0. The summed E-state index contributed by atoms with van der Waals surface area (Å²) < 4.78 is 31.0. The summed E-state index contributed by atoms with van der Waals surface area (Å²) in [5.41, 5.74) is -0.0333. The van der Waals surface area contributed by atoms with E-state index >= 15 is 0 Å². The van der Waals surface area contributed by atoms with Crippen LogP contribution in [-0.4, -0.2) is 4.92 Å². The first kappa shape index (κ1) is 12.0. The third kappa shape index (κ3) is 2.45. The summed E-state index contributed by atoms with van der Waals surface area (Å²) in [6, 6.07) is 6.29. The number of benzene rings is 1. The van der Waals surface area contributed by atoms with E-state index in [1.165, 1.54) is 24.3 Å². The molecule has 0 aliphatic carbocycles. The summed E-state index contributed by atoms with van der Waals surface area (Å²) in [7, 11) is 0. The van der Waals surface area contributed by atoms with Gasteiger partial charge in [0, 0.05) is 0 Å². The van der Waals surface area contributed by atoms with E-state index < -0.39 is 22.4 Å². The highest BCUT2D eigenvalue weighted by atomic mass is 19.2.